The molecule has 0 aromatic rings. The first-order chi connectivity index (χ1) is 10.4. The summed E-state index contributed by atoms with van der Waals surface area (Å²) in [6.45, 7) is 16.1. The Morgan fingerprint density at radius 1 is 0.913 bits per heavy atom. The van der Waals surface area contributed by atoms with E-state index in [1.165, 1.54) is 0 Å². The molecule has 1 unspecified atom stereocenters. The summed E-state index contributed by atoms with van der Waals surface area (Å²) in [6.07, 6.45) is 3.36. The Morgan fingerprint density at radius 3 is 1.87 bits per heavy atom. The third kappa shape index (κ3) is 6.92. The molecule has 4 nitrogen and oxygen atoms in total. The van der Waals surface area contributed by atoms with Crippen LogP contribution in [0.1, 0.15) is 87.5 Å². The Morgan fingerprint density at radius 2 is 1.48 bits per heavy atom. The third-order valence-corrected chi connectivity index (χ3v) is 4.24. The van der Waals surface area contributed by atoms with Gasteiger partial charge in [0.25, 0.3) is 0 Å². The monoisotopic (exact) mass is 328 g/mol. The molecule has 136 valence electrons. The van der Waals surface area contributed by atoms with Gasteiger partial charge in [-0.25, -0.2) is 0 Å². The van der Waals surface area contributed by atoms with Crippen LogP contribution in [0.15, 0.2) is 0 Å². The second kappa shape index (κ2) is 8.70. The van der Waals surface area contributed by atoms with Crippen molar-refractivity contribution in [2.45, 2.75) is 93.1 Å². The van der Waals surface area contributed by atoms with Gasteiger partial charge >= 0.3 is 11.9 Å². The Hall–Kier alpha value is -1.06. The molecule has 0 N–H and O–H groups in total. The first-order valence-electron chi connectivity index (χ1n) is 8.78. The maximum absolute atomic E-state index is 13.0. The van der Waals surface area contributed by atoms with Gasteiger partial charge in [0.15, 0.2) is 0 Å². The molecule has 23 heavy (non-hydrogen) atoms. The highest BCUT2D eigenvalue weighted by molar-refractivity contribution is 5.79. The summed E-state index contributed by atoms with van der Waals surface area (Å²) < 4.78 is 10.8. The van der Waals surface area contributed by atoms with Crippen LogP contribution in [0, 0.1) is 10.8 Å². The minimum atomic E-state index is -0.678. The average molecular weight is 328 g/mol. The first-order valence-corrected chi connectivity index (χ1v) is 8.78. The summed E-state index contributed by atoms with van der Waals surface area (Å²) in [7, 11) is 0. The standard InChI is InChI=1S/C19H36O4/c1-9-11-13-19(17(3,4)5,14-12-15(20)22-10-2)16(21)23-18(6,7)8/h9-14H2,1-8H3. The van der Waals surface area contributed by atoms with E-state index in [9.17, 15) is 9.59 Å². The molecule has 1 atom stereocenters. The van der Waals surface area contributed by atoms with E-state index in [4.69, 9.17) is 9.47 Å². The molecular formula is C19H36O4. The molecule has 0 spiro atoms. The maximum atomic E-state index is 13.0. The summed E-state index contributed by atoms with van der Waals surface area (Å²) in [4.78, 5) is 24.9. The SMILES string of the molecule is CCCCC(CCC(=O)OCC)(C(=O)OC(C)(C)C)C(C)(C)C. The summed E-state index contributed by atoms with van der Waals surface area (Å²) in [5.41, 5.74) is -1.51. The van der Waals surface area contributed by atoms with Crippen molar-refractivity contribution in [2.75, 3.05) is 6.61 Å². The number of unbranched alkanes of at least 4 members (excludes halogenated alkanes) is 1. The molecule has 0 saturated heterocycles. The summed E-state index contributed by atoms with van der Waals surface area (Å²) in [5.74, 6) is -0.448. The van der Waals surface area contributed by atoms with E-state index in [-0.39, 0.29) is 23.8 Å². The molecular weight excluding hydrogens is 292 g/mol. The quantitative estimate of drug-likeness (QED) is 0.595. The third-order valence-electron chi connectivity index (χ3n) is 4.24. The lowest BCUT2D eigenvalue weighted by molar-refractivity contribution is -0.177. The van der Waals surface area contributed by atoms with Crippen molar-refractivity contribution in [3.8, 4) is 0 Å². The van der Waals surface area contributed by atoms with E-state index in [1.54, 1.807) is 6.92 Å². The minimum Gasteiger partial charge on any atom is -0.466 e. The van der Waals surface area contributed by atoms with Crippen molar-refractivity contribution in [1.29, 1.82) is 0 Å². The van der Waals surface area contributed by atoms with Crippen LogP contribution >= 0.6 is 0 Å². The van der Waals surface area contributed by atoms with Gasteiger partial charge in [0.1, 0.15) is 5.60 Å². The molecule has 4 heteroatoms. The highest BCUT2D eigenvalue weighted by atomic mass is 16.6. The van der Waals surface area contributed by atoms with E-state index in [1.807, 2.05) is 20.8 Å². The van der Waals surface area contributed by atoms with E-state index in [0.717, 1.165) is 19.3 Å². The van der Waals surface area contributed by atoms with Crippen LogP contribution in [0.25, 0.3) is 0 Å². The predicted molar refractivity (Wildman–Crippen MR) is 93.1 cm³/mol. The lowest BCUT2D eigenvalue weighted by Crippen LogP contribution is -2.47. The molecule has 0 amide bonds. The van der Waals surface area contributed by atoms with Gasteiger partial charge in [-0.05, 0) is 46.0 Å². The number of carbonyl (C=O) groups is 2. The van der Waals surface area contributed by atoms with Gasteiger partial charge in [-0.15, -0.1) is 0 Å². The molecule has 0 aliphatic rings. The molecule has 0 rings (SSSR count). The van der Waals surface area contributed by atoms with Gasteiger partial charge in [-0.1, -0.05) is 40.5 Å². The van der Waals surface area contributed by atoms with Crippen molar-refractivity contribution in [1.82, 2.24) is 0 Å². The van der Waals surface area contributed by atoms with Gasteiger partial charge in [0.2, 0.25) is 0 Å². The van der Waals surface area contributed by atoms with Crippen molar-refractivity contribution in [3.05, 3.63) is 0 Å². The zero-order chi connectivity index (χ0) is 18.3. The highest BCUT2D eigenvalue weighted by Gasteiger charge is 2.50. The van der Waals surface area contributed by atoms with E-state index < -0.39 is 11.0 Å². The van der Waals surface area contributed by atoms with Crippen molar-refractivity contribution in [2.24, 2.45) is 10.8 Å². The van der Waals surface area contributed by atoms with Crippen molar-refractivity contribution >= 4 is 11.9 Å². The number of hydrogen-bond donors (Lipinski definition) is 0. The Labute approximate surface area is 142 Å². The van der Waals surface area contributed by atoms with Crippen LogP contribution in [0.4, 0.5) is 0 Å². The predicted octanol–water partition coefficient (Wildman–Crippen LogP) is 4.89. The van der Waals surface area contributed by atoms with E-state index in [0.29, 0.717) is 13.0 Å². The Kier molecular flexibility index (Phi) is 8.30. The highest BCUT2D eigenvalue weighted by Crippen LogP contribution is 2.48. The lowest BCUT2D eigenvalue weighted by atomic mass is 9.61. The van der Waals surface area contributed by atoms with Crippen LogP contribution in [-0.2, 0) is 19.1 Å². The minimum absolute atomic E-state index is 0.199. The van der Waals surface area contributed by atoms with Crippen LogP contribution in [-0.4, -0.2) is 24.1 Å². The molecule has 0 aromatic heterocycles. The molecule has 0 aliphatic carbocycles. The summed E-state index contributed by atoms with van der Waals surface area (Å²) >= 11 is 0. The summed E-state index contributed by atoms with van der Waals surface area (Å²) in [5, 5.41) is 0. The number of esters is 2. The molecule has 0 bridgehead atoms. The Bertz CT molecular complexity index is 387. The molecule has 0 fully saturated rings. The fourth-order valence-electron chi connectivity index (χ4n) is 2.79. The van der Waals surface area contributed by atoms with Crippen LogP contribution < -0.4 is 0 Å². The van der Waals surface area contributed by atoms with Gasteiger partial charge in [-0.2, -0.15) is 0 Å². The number of hydrogen-bond acceptors (Lipinski definition) is 4. The average Bonchev–Trinajstić information content (AvgIpc) is 2.35. The molecule has 0 radical (unpaired) electrons. The number of rotatable bonds is 8. The van der Waals surface area contributed by atoms with Crippen LogP contribution in [0.5, 0.6) is 0 Å². The van der Waals surface area contributed by atoms with Crippen molar-refractivity contribution in [3.63, 3.8) is 0 Å². The lowest BCUT2D eigenvalue weighted by Gasteiger charge is -2.44. The first kappa shape index (κ1) is 21.9. The normalized spacial score (nSPS) is 15.0. The fraction of sp³-hybridized carbons (Fsp3) is 0.895. The second-order valence-electron chi connectivity index (χ2n) is 8.24. The van der Waals surface area contributed by atoms with Crippen molar-refractivity contribution < 1.29 is 19.1 Å². The smallest absolute Gasteiger partial charge is 0.313 e. The zero-order valence-corrected chi connectivity index (χ0v) is 16.4. The summed E-state index contributed by atoms with van der Waals surface area (Å²) in [6, 6.07) is 0. The van der Waals surface area contributed by atoms with E-state index in [2.05, 4.69) is 27.7 Å². The molecule has 0 heterocycles. The Balaban J connectivity index is 5.50. The molecule has 0 aromatic carbocycles. The number of ether oxygens (including phenoxy) is 2. The maximum Gasteiger partial charge on any atom is 0.313 e. The zero-order valence-electron chi connectivity index (χ0n) is 16.4. The van der Waals surface area contributed by atoms with Crippen LogP contribution in [0.3, 0.4) is 0 Å². The topological polar surface area (TPSA) is 52.6 Å². The molecule has 0 saturated carbocycles. The van der Waals surface area contributed by atoms with Gasteiger partial charge in [-0.3, -0.25) is 9.59 Å². The fourth-order valence-corrected chi connectivity index (χ4v) is 2.79. The largest absolute Gasteiger partial charge is 0.466 e. The molecule has 0 aliphatic heterocycles. The van der Waals surface area contributed by atoms with E-state index >= 15 is 0 Å². The van der Waals surface area contributed by atoms with Gasteiger partial charge < -0.3 is 9.47 Å². The van der Waals surface area contributed by atoms with Gasteiger partial charge in [0, 0.05) is 6.42 Å². The van der Waals surface area contributed by atoms with Crippen LogP contribution in [0.2, 0.25) is 0 Å². The second-order valence-corrected chi connectivity index (χ2v) is 8.24. The number of carbonyl (C=O) groups excluding carboxylic acids is 2. The van der Waals surface area contributed by atoms with Gasteiger partial charge in [0.05, 0.1) is 12.0 Å².